The van der Waals surface area contributed by atoms with Gasteiger partial charge >= 0.3 is 6.09 Å². The molecule has 0 saturated carbocycles. The van der Waals surface area contributed by atoms with Gasteiger partial charge in [0, 0.05) is 25.4 Å². The molecule has 1 aromatic rings. The van der Waals surface area contributed by atoms with Crippen molar-refractivity contribution in [1.29, 1.82) is 0 Å². The molecular weight excluding hydrogens is 290 g/mol. The van der Waals surface area contributed by atoms with Gasteiger partial charge in [0.05, 0.1) is 0 Å². The maximum atomic E-state index is 12.3. The van der Waals surface area contributed by atoms with Gasteiger partial charge in [0.2, 0.25) is 0 Å². The number of hydrogen-bond acceptors (Lipinski definition) is 3. The lowest BCUT2D eigenvalue weighted by molar-refractivity contribution is -0.120. The molecule has 1 fully saturated rings. The number of hydrogen-bond donors (Lipinski definition) is 0. The average Bonchev–Trinajstić information content (AvgIpc) is 3.02. The summed E-state index contributed by atoms with van der Waals surface area (Å²) in [5.41, 5.74) is 0.979. The van der Waals surface area contributed by atoms with E-state index < -0.39 is 0 Å². The fourth-order valence-corrected chi connectivity index (χ4v) is 3.03. The Morgan fingerprint density at radius 2 is 2.00 bits per heavy atom. The highest BCUT2D eigenvalue weighted by molar-refractivity contribution is 5.80. The Balaban J connectivity index is 1.78. The SMILES string of the molecule is CCCCCC(=O)CC1CCCN1C(=O)OCc1ccccc1. The van der Waals surface area contributed by atoms with E-state index in [4.69, 9.17) is 4.74 Å². The zero-order chi connectivity index (χ0) is 16.5. The van der Waals surface area contributed by atoms with Crippen LogP contribution in [0.4, 0.5) is 4.79 Å². The topological polar surface area (TPSA) is 46.6 Å². The van der Waals surface area contributed by atoms with Crippen LogP contribution in [0.3, 0.4) is 0 Å². The average molecular weight is 317 g/mol. The first-order valence-corrected chi connectivity index (χ1v) is 8.69. The Kier molecular flexibility index (Phi) is 7.11. The Bertz CT molecular complexity index is 501. The van der Waals surface area contributed by atoms with Crippen LogP contribution in [-0.4, -0.2) is 29.4 Å². The number of unbranched alkanes of at least 4 members (excludes halogenated alkanes) is 2. The van der Waals surface area contributed by atoms with Gasteiger partial charge in [-0.2, -0.15) is 0 Å². The predicted octanol–water partition coefficient (Wildman–Crippen LogP) is 4.33. The fraction of sp³-hybridized carbons (Fsp3) is 0.579. The van der Waals surface area contributed by atoms with Crippen LogP contribution >= 0.6 is 0 Å². The van der Waals surface area contributed by atoms with Crippen LogP contribution in [0.5, 0.6) is 0 Å². The van der Waals surface area contributed by atoms with Crippen molar-refractivity contribution >= 4 is 11.9 Å². The van der Waals surface area contributed by atoms with Crippen molar-refractivity contribution in [2.75, 3.05) is 6.54 Å². The van der Waals surface area contributed by atoms with Crippen molar-refractivity contribution in [3.8, 4) is 0 Å². The highest BCUT2D eigenvalue weighted by Gasteiger charge is 2.31. The molecule has 23 heavy (non-hydrogen) atoms. The number of rotatable bonds is 8. The largest absolute Gasteiger partial charge is 0.445 e. The number of Topliss-reactive ketones (excluding diaryl/α,β-unsaturated/α-hetero) is 1. The van der Waals surface area contributed by atoms with Gasteiger partial charge in [0.1, 0.15) is 12.4 Å². The van der Waals surface area contributed by atoms with E-state index in [9.17, 15) is 9.59 Å². The molecule has 0 spiro atoms. The Morgan fingerprint density at radius 1 is 1.22 bits per heavy atom. The number of amides is 1. The number of benzene rings is 1. The lowest BCUT2D eigenvalue weighted by Crippen LogP contribution is -2.37. The molecule has 2 rings (SSSR count). The molecule has 126 valence electrons. The van der Waals surface area contributed by atoms with E-state index in [1.165, 1.54) is 0 Å². The fourth-order valence-electron chi connectivity index (χ4n) is 3.03. The molecule has 1 aromatic carbocycles. The zero-order valence-electron chi connectivity index (χ0n) is 14.0. The summed E-state index contributed by atoms with van der Waals surface area (Å²) in [6.45, 7) is 3.11. The quantitative estimate of drug-likeness (QED) is 0.671. The molecule has 1 aliphatic heterocycles. The van der Waals surface area contributed by atoms with Crippen LogP contribution in [0.15, 0.2) is 30.3 Å². The number of nitrogens with zero attached hydrogens (tertiary/aromatic N) is 1. The number of ketones is 1. The summed E-state index contributed by atoms with van der Waals surface area (Å²) in [7, 11) is 0. The summed E-state index contributed by atoms with van der Waals surface area (Å²) >= 11 is 0. The first-order valence-electron chi connectivity index (χ1n) is 8.69. The maximum Gasteiger partial charge on any atom is 0.410 e. The number of ether oxygens (including phenoxy) is 1. The molecule has 4 heteroatoms. The minimum Gasteiger partial charge on any atom is -0.445 e. The van der Waals surface area contributed by atoms with Gasteiger partial charge in [-0.25, -0.2) is 4.79 Å². The van der Waals surface area contributed by atoms with Gasteiger partial charge in [-0.15, -0.1) is 0 Å². The Hall–Kier alpha value is -1.84. The summed E-state index contributed by atoms with van der Waals surface area (Å²) in [6, 6.07) is 9.68. The summed E-state index contributed by atoms with van der Waals surface area (Å²) < 4.78 is 5.40. The molecule has 0 bridgehead atoms. The maximum absolute atomic E-state index is 12.3. The van der Waals surface area contributed by atoms with Crippen molar-refractivity contribution in [3.63, 3.8) is 0 Å². The number of carbonyl (C=O) groups is 2. The molecule has 1 saturated heterocycles. The lowest BCUT2D eigenvalue weighted by Gasteiger charge is -2.23. The van der Waals surface area contributed by atoms with Gasteiger partial charge in [-0.3, -0.25) is 4.79 Å². The van der Waals surface area contributed by atoms with Crippen LogP contribution in [-0.2, 0) is 16.1 Å². The van der Waals surface area contributed by atoms with E-state index in [2.05, 4.69) is 6.92 Å². The molecule has 0 radical (unpaired) electrons. The minimum absolute atomic E-state index is 0.0207. The summed E-state index contributed by atoms with van der Waals surface area (Å²) in [4.78, 5) is 26.0. The van der Waals surface area contributed by atoms with Crippen molar-refractivity contribution in [1.82, 2.24) is 4.90 Å². The molecular formula is C19H27NO3. The Labute approximate surface area is 138 Å². The minimum atomic E-state index is -0.294. The first-order chi connectivity index (χ1) is 11.2. The van der Waals surface area contributed by atoms with Gasteiger partial charge in [0.25, 0.3) is 0 Å². The molecule has 4 nitrogen and oxygen atoms in total. The van der Waals surface area contributed by atoms with Crippen LogP contribution in [0.1, 0.15) is 57.4 Å². The van der Waals surface area contributed by atoms with E-state index in [0.29, 0.717) is 19.4 Å². The summed E-state index contributed by atoms with van der Waals surface area (Å²) in [5, 5.41) is 0. The second-order valence-corrected chi connectivity index (χ2v) is 6.23. The van der Waals surface area contributed by atoms with Crippen LogP contribution in [0.2, 0.25) is 0 Å². The number of likely N-dealkylation sites (tertiary alicyclic amines) is 1. The highest BCUT2D eigenvalue weighted by atomic mass is 16.6. The van der Waals surface area contributed by atoms with Crippen LogP contribution < -0.4 is 0 Å². The highest BCUT2D eigenvalue weighted by Crippen LogP contribution is 2.22. The monoisotopic (exact) mass is 317 g/mol. The molecule has 1 aliphatic rings. The van der Waals surface area contributed by atoms with E-state index in [1.807, 2.05) is 30.3 Å². The molecule has 1 amide bonds. The molecule has 0 aromatic heterocycles. The molecule has 1 atom stereocenters. The zero-order valence-corrected chi connectivity index (χ0v) is 14.0. The normalized spacial score (nSPS) is 17.3. The molecule has 0 N–H and O–H groups in total. The molecule has 1 unspecified atom stereocenters. The smallest absolute Gasteiger partial charge is 0.410 e. The van der Waals surface area contributed by atoms with Crippen LogP contribution in [0, 0.1) is 0 Å². The van der Waals surface area contributed by atoms with Crippen molar-refractivity contribution < 1.29 is 14.3 Å². The van der Waals surface area contributed by atoms with Gasteiger partial charge in [0.15, 0.2) is 0 Å². The van der Waals surface area contributed by atoms with E-state index in [-0.39, 0.29) is 24.5 Å². The number of carbonyl (C=O) groups excluding carboxylic acids is 2. The lowest BCUT2D eigenvalue weighted by atomic mass is 10.0. The van der Waals surface area contributed by atoms with E-state index in [0.717, 1.165) is 37.7 Å². The third-order valence-electron chi connectivity index (χ3n) is 4.34. The van der Waals surface area contributed by atoms with Gasteiger partial charge in [-0.1, -0.05) is 50.1 Å². The second kappa shape index (κ2) is 9.33. The van der Waals surface area contributed by atoms with Crippen LogP contribution in [0.25, 0.3) is 0 Å². The summed E-state index contributed by atoms with van der Waals surface area (Å²) in [6.07, 6.45) is 5.85. The third kappa shape index (κ3) is 5.70. The standard InChI is InChI=1S/C19H27NO3/c1-2-3-5-12-18(21)14-17-11-8-13-20(17)19(22)23-15-16-9-6-4-7-10-16/h4,6-7,9-10,17H,2-3,5,8,11-15H2,1H3. The van der Waals surface area contributed by atoms with E-state index >= 15 is 0 Å². The second-order valence-electron chi connectivity index (χ2n) is 6.23. The third-order valence-corrected chi connectivity index (χ3v) is 4.34. The van der Waals surface area contributed by atoms with Gasteiger partial charge in [-0.05, 0) is 24.8 Å². The van der Waals surface area contributed by atoms with E-state index in [1.54, 1.807) is 4.90 Å². The first kappa shape index (κ1) is 17.5. The predicted molar refractivity (Wildman–Crippen MR) is 90.1 cm³/mol. The van der Waals surface area contributed by atoms with Gasteiger partial charge < -0.3 is 9.64 Å². The molecule has 0 aliphatic carbocycles. The Morgan fingerprint density at radius 3 is 2.74 bits per heavy atom. The molecule has 1 heterocycles. The van der Waals surface area contributed by atoms with Crippen molar-refractivity contribution in [2.24, 2.45) is 0 Å². The summed E-state index contributed by atoms with van der Waals surface area (Å²) in [5.74, 6) is 0.270. The van der Waals surface area contributed by atoms with Crippen molar-refractivity contribution in [2.45, 2.75) is 64.5 Å². The van der Waals surface area contributed by atoms with Crippen molar-refractivity contribution in [3.05, 3.63) is 35.9 Å².